The second-order valence-corrected chi connectivity index (χ2v) is 10.8. The molecular formula is C31H28FN5OS. The van der Waals surface area contributed by atoms with E-state index >= 15 is 0 Å². The normalized spacial score (nSPS) is 12.6. The summed E-state index contributed by atoms with van der Waals surface area (Å²) in [4.78, 5) is 21.7. The molecule has 2 heterocycles. The van der Waals surface area contributed by atoms with Gasteiger partial charge in [-0.05, 0) is 60.6 Å². The van der Waals surface area contributed by atoms with Crippen LogP contribution in [0.2, 0.25) is 0 Å². The monoisotopic (exact) mass is 537 g/mol. The Morgan fingerprint density at radius 1 is 0.872 bits per heavy atom. The minimum atomic E-state index is -0.264. The number of benzene rings is 3. The topological polar surface area (TPSA) is 65.6 Å². The van der Waals surface area contributed by atoms with E-state index < -0.39 is 0 Å². The van der Waals surface area contributed by atoms with Crippen LogP contribution < -0.4 is 5.56 Å². The summed E-state index contributed by atoms with van der Waals surface area (Å²) in [5, 5.41) is 5.38. The number of hydrogen-bond acceptors (Lipinski definition) is 5. The van der Waals surface area contributed by atoms with Crippen LogP contribution in [0.4, 0.5) is 4.39 Å². The van der Waals surface area contributed by atoms with Gasteiger partial charge in [-0.25, -0.2) is 14.1 Å². The van der Waals surface area contributed by atoms with E-state index in [1.807, 2.05) is 4.68 Å². The summed E-state index contributed by atoms with van der Waals surface area (Å²) in [7, 11) is 0. The van der Waals surface area contributed by atoms with Gasteiger partial charge in [0.2, 0.25) is 0 Å². The molecule has 8 heteroatoms. The molecular weight excluding hydrogens is 509 g/mol. The van der Waals surface area contributed by atoms with E-state index in [0.717, 1.165) is 41.6 Å². The third kappa shape index (κ3) is 5.71. The van der Waals surface area contributed by atoms with Gasteiger partial charge >= 0.3 is 0 Å². The number of thioether (sulfide) groups is 1. The fraction of sp³-hybridized carbons (Fsp3) is 0.226. The Bertz CT molecular complexity index is 1660. The van der Waals surface area contributed by atoms with E-state index in [4.69, 9.17) is 5.10 Å². The molecule has 6 nitrogen and oxygen atoms in total. The molecule has 0 aliphatic heterocycles. The Morgan fingerprint density at radius 2 is 1.56 bits per heavy atom. The smallest absolute Gasteiger partial charge is 0.277 e. The fourth-order valence-electron chi connectivity index (χ4n) is 4.95. The lowest BCUT2D eigenvalue weighted by Crippen LogP contribution is -2.22. The lowest BCUT2D eigenvalue weighted by Gasteiger charge is -2.15. The zero-order chi connectivity index (χ0) is 26.8. The molecule has 0 saturated heterocycles. The number of halogens is 1. The van der Waals surface area contributed by atoms with Crippen molar-refractivity contribution < 1.29 is 4.39 Å². The fourth-order valence-corrected chi connectivity index (χ4v) is 5.91. The maximum atomic E-state index is 13.3. The van der Waals surface area contributed by atoms with Crippen molar-refractivity contribution in [3.8, 4) is 11.1 Å². The molecule has 0 spiro atoms. The van der Waals surface area contributed by atoms with Gasteiger partial charge in [0.1, 0.15) is 12.1 Å². The summed E-state index contributed by atoms with van der Waals surface area (Å²) in [6.07, 6.45) is 4.29. The molecule has 3 aromatic carbocycles. The molecule has 5 aromatic rings. The highest BCUT2D eigenvalue weighted by Gasteiger charge is 2.22. The lowest BCUT2D eigenvalue weighted by molar-refractivity contribution is 0.593. The van der Waals surface area contributed by atoms with Gasteiger partial charge in [0, 0.05) is 17.0 Å². The number of fused-ring (bicyclic) bond motifs is 1. The van der Waals surface area contributed by atoms with Crippen molar-refractivity contribution in [2.75, 3.05) is 0 Å². The first-order valence-corrected chi connectivity index (χ1v) is 14.0. The first kappa shape index (κ1) is 25.2. The number of aryl methyl sites for hydroxylation is 1. The molecule has 0 unspecified atom stereocenters. The second kappa shape index (κ2) is 11.0. The quantitative estimate of drug-likeness (QED) is 0.184. The van der Waals surface area contributed by atoms with Crippen LogP contribution in [0.5, 0.6) is 0 Å². The molecule has 0 bridgehead atoms. The standard InChI is InChI=1S/C31H28FN5OS/c1-21-5-11-24(12-6-21)25-13-7-22(8-14-25)17-36-20-33-29(35-36)18-37-28-4-2-3-27(28)30(38)34-31(37)39-19-23-9-15-26(32)16-10-23/h5-16,20H,2-4,17-19H2,1H3. The van der Waals surface area contributed by atoms with Gasteiger partial charge in [-0.15, -0.1) is 0 Å². The molecule has 0 N–H and O–H groups in total. The lowest BCUT2D eigenvalue weighted by atomic mass is 10.0. The molecule has 1 aliphatic rings. The van der Waals surface area contributed by atoms with Crippen molar-refractivity contribution in [3.63, 3.8) is 0 Å². The zero-order valence-corrected chi connectivity index (χ0v) is 22.5. The number of nitrogens with zero attached hydrogens (tertiary/aromatic N) is 5. The highest BCUT2D eigenvalue weighted by molar-refractivity contribution is 7.98. The van der Waals surface area contributed by atoms with Crippen molar-refractivity contribution in [2.24, 2.45) is 0 Å². The third-order valence-corrected chi connectivity index (χ3v) is 8.10. The van der Waals surface area contributed by atoms with Crippen molar-refractivity contribution in [2.45, 2.75) is 50.2 Å². The molecule has 0 atom stereocenters. The molecule has 1 aliphatic carbocycles. The molecule has 196 valence electrons. The van der Waals surface area contributed by atoms with Crippen LogP contribution in [-0.4, -0.2) is 24.3 Å². The SMILES string of the molecule is Cc1ccc(-c2ccc(Cn3cnc(Cn4c(SCc5ccc(F)cc5)nc(=O)c5c4CCC5)n3)cc2)cc1. The van der Waals surface area contributed by atoms with Crippen molar-refractivity contribution >= 4 is 11.8 Å². The van der Waals surface area contributed by atoms with E-state index in [0.29, 0.717) is 29.8 Å². The largest absolute Gasteiger partial charge is 0.316 e. The van der Waals surface area contributed by atoms with Crippen LogP contribution in [0.25, 0.3) is 11.1 Å². The molecule has 0 amide bonds. The van der Waals surface area contributed by atoms with Crippen LogP contribution in [-0.2, 0) is 31.7 Å². The Hall–Kier alpha value is -4.04. The summed E-state index contributed by atoms with van der Waals surface area (Å²) in [6.45, 7) is 3.16. The predicted octanol–water partition coefficient (Wildman–Crippen LogP) is 5.83. The minimum absolute atomic E-state index is 0.145. The molecule has 39 heavy (non-hydrogen) atoms. The maximum absolute atomic E-state index is 13.3. The maximum Gasteiger partial charge on any atom is 0.277 e. The van der Waals surface area contributed by atoms with Gasteiger partial charge in [-0.1, -0.05) is 78.0 Å². The van der Waals surface area contributed by atoms with Gasteiger partial charge in [0.15, 0.2) is 11.0 Å². The molecule has 2 aromatic heterocycles. The third-order valence-electron chi connectivity index (χ3n) is 7.05. The van der Waals surface area contributed by atoms with Crippen LogP contribution in [0.15, 0.2) is 89.1 Å². The highest BCUT2D eigenvalue weighted by atomic mass is 32.2. The van der Waals surface area contributed by atoms with Crippen LogP contribution >= 0.6 is 11.8 Å². The van der Waals surface area contributed by atoms with Crippen molar-refractivity contribution in [1.82, 2.24) is 24.3 Å². The Kier molecular flexibility index (Phi) is 7.11. The second-order valence-electron chi connectivity index (χ2n) is 9.90. The summed E-state index contributed by atoms with van der Waals surface area (Å²) >= 11 is 1.48. The highest BCUT2D eigenvalue weighted by Crippen LogP contribution is 2.27. The van der Waals surface area contributed by atoms with E-state index in [-0.39, 0.29) is 11.4 Å². The van der Waals surface area contributed by atoms with Gasteiger partial charge < -0.3 is 4.57 Å². The van der Waals surface area contributed by atoms with Gasteiger partial charge in [0.05, 0.1) is 13.1 Å². The zero-order valence-electron chi connectivity index (χ0n) is 21.7. The van der Waals surface area contributed by atoms with E-state index in [1.165, 1.54) is 40.6 Å². The van der Waals surface area contributed by atoms with Crippen LogP contribution in [0.1, 0.15) is 40.2 Å². The summed E-state index contributed by atoms with van der Waals surface area (Å²) in [6, 6.07) is 23.5. The number of rotatable bonds is 8. The Balaban J connectivity index is 1.19. The summed E-state index contributed by atoms with van der Waals surface area (Å²) in [5.41, 5.74) is 7.43. The molecule has 0 fully saturated rings. The Labute approximate surface area is 230 Å². The summed E-state index contributed by atoms with van der Waals surface area (Å²) in [5.74, 6) is 1.00. The van der Waals surface area contributed by atoms with Crippen molar-refractivity contribution in [1.29, 1.82) is 0 Å². The van der Waals surface area contributed by atoms with Crippen LogP contribution in [0, 0.1) is 12.7 Å². The number of aromatic nitrogens is 5. The van der Waals surface area contributed by atoms with Crippen LogP contribution in [0.3, 0.4) is 0 Å². The molecule has 0 saturated carbocycles. The van der Waals surface area contributed by atoms with E-state index in [1.54, 1.807) is 18.5 Å². The Morgan fingerprint density at radius 3 is 2.31 bits per heavy atom. The van der Waals surface area contributed by atoms with E-state index in [2.05, 4.69) is 70.0 Å². The van der Waals surface area contributed by atoms with Gasteiger partial charge in [0.25, 0.3) is 5.56 Å². The van der Waals surface area contributed by atoms with E-state index in [9.17, 15) is 9.18 Å². The van der Waals surface area contributed by atoms with Gasteiger partial charge in [-0.3, -0.25) is 4.79 Å². The molecule has 0 radical (unpaired) electrons. The first-order valence-electron chi connectivity index (χ1n) is 13.1. The summed E-state index contributed by atoms with van der Waals surface area (Å²) < 4.78 is 17.3. The number of hydrogen-bond donors (Lipinski definition) is 0. The average molecular weight is 538 g/mol. The predicted molar refractivity (Wildman–Crippen MR) is 151 cm³/mol. The average Bonchev–Trinajstić information content (AvgIpc) is 3.61. The van der Waals surface area contributed by atoms with Crippen molar-refractivity contribution in [3.05, 3.63) is 129 Å². The first-order chi connectivity index (χ1) is 19.0. The molecule has 6 rings (SSSR count). The van der Waals surface area contributed by atoms with Gasteiger partial charge in [-0.2, -0.15) is 10.1 Å². The minimum Gasteiger partial charge on any atom is -0.316 e.